The zero-order chi connectivity index (χ0) is 26.5. The van der Waals surface area contributed by atoms with Crippen LogP contribution in [-0.2, 0) is 26.2 Å². The molecule has 36 heavy (non-hydrogen) atoms. The van der Waals surface area contributed by atoms with Gasteiger partial charge in [0.25, 0.3) is 10.0 Å². The van der Waals surface area contributed by atoms with Crippen LogP contribution in [0.15, 0.2) is 77.7 Å². The smallest absolute Gasteiger partial charge is 0.264 e. The van der Waals surface area contributed by atoms with Crippen molar-refractivity contribution in [1.29, 1.82) is 0 Å². The van der Waals surface area contributed by atoms with Crippen molar-refractivity contribution < 1.29 is 18.0 Å². The summed E-state index contributed by atoms with van der Waals surface area (Å²) in [6.07, 6.45) is 0. The third kappa shape index (κ3) is 6.50. The molecule has 0 spiro atoms. The summed E-state index contributed by atoms with van der Waals surface area (Å²) in [6.45, 7) is 0.933. The molecule has 0 aliphatic heterocycles. The number of anilines is 1. The maximum absolute atomic E-state index is 13.7. The minimum Gasteiger partial charge on any atom is -0.357 e. The molecule has 0 aliphatic carbocycles. The molecular weight excluding hydrogens is 545 g/mol. The van der Waals surface area contributed by atoms with Gasteiger partial charge in [0.05, 0.1) is 10.6 Å². The van der Waals surface area contributed by atoms with Crippen molar-refractivity contribution >= 4 is 62.3 Å². The number of carbonyl (C=O) groups is 2. The van der Waals surface area contributed by atoms with Gasteiger partial charge in [0.1, 0.15) is 12.6 Å². The van der Waals surface area contributed by atoms with E-state index < -0.39 is 34.4 Å². The van der Waals surface area contributed by atoms with Crippen molar-refractivity contribution in [3.63, 3.8) is 0 Å². The summed E-state index contributed by atoms with van der Waals surface area (Å²) in [5.74, 6) is -1.04. The van der Waals surface area contributed by atoms with Gasteiger partial charge < -0.3 is 10.2 Å². The Bertz CT molecular complexity index is 1330. The molecule has 0 aliphatic rings. The lowest BCUT2D eigenvalue weighted by atomic mass is 10.1. The largest absolute Gasteiger partial charge is 0.357 e. The number of halogens is 3. The van der Waals surface area contributed by atoms with Gasteiger partial charge in [0.15, 0.2) is 0 Å². The van der Waals surface area contributed by atoms with Gasteiger partial charge in [0, 0.05) is 28.7 Å². The molecule has 3 aromatic carbocycles. The summed E-state index contributed by atoms with van der Waals surface area (Å²) in [6, 6.07) is 17.9. The maximum Gasteiger partial charge on any atom is 0.264 e. The molecule has 1 atom stereocenters. The van der Waals surface area contributed by atoms with Gasteiger partial charge in [-0.25, -0.2) is 8.42 Å². The molecule has 0 heterocycles. The van der Waals surface area contributed by atoms with Crippen LogP contribution in [0.4, 0.5) is 5.69 Å². The molecule has 3 rings (SSSR count). The molecule has 0 radical (unpaired) electrons. The van der Waals surface area contributed by atoms with Crippen molar-refractivity contribution in [2.75, 3.05) is 17.9 Å². The average Bonchev–Trinajstić information content (AvgIpc) is 2.85. The normalized spacial score (nSPS) is 12.0. The number of nitrogens with zero attached hydrogens (tertiary/aromatic N) is 2. The van der Waals surface area contributed by atoms with Crippen LogP contribution in [0.3, 0.4) is 0 Å². The number of rotatable bonds is 9. The van der Waals surface area contributed by atoms with Crippen molar-refractivity contribution in [3.05, 3.63) is 93.4 Å². The highest BCUT2D eigenvalue weighted by Crippen LogP contribution is 2.30. The fourth-order valence-electron chi connectivity index (χ4n) is 3.53. The Labute approximate surface area is 225 Å². The second-order valence-corrected chi connectivity index (χ2v) is 11.0. The minimum absolute atomic E-state index is 0.0113. The van der Waals surface area contributed by atoms with E-state index in [0.717, 1.165) is 4.31 Å². The summed E-state index contributed by atoms with van der Waals surface area (Å²) in [5, 5.41) is 3.33. The van der Waals surface area contributed by atoms with Crippen LogP contribution in [0.1, 0.15) is 12.5 Å². The molecule has 190 valence electrons. The highest BCUT2D eigenvalue weighted by molar-refractivity contribution is 7.92. The summed E-state index contributed by atoms with van der Waals surface area (Å²) >= 11 is 18.6. The lowest BCUT2D eigenvalue weighted by Gasteiger charge is -2.32. The Morgan fingerprint density at radius 2 is 1.50 bits per heavy atom. The summed E-state index contributed by atoms with van der Waals surface area (Å²) < 4.78 is 28.2. The highest BCUT2D eigenvalue weighted by Gasteiger charge is 2.32. The molecule has 11 heteroatoms. The number of amides is 2. The Morgan fingerprint density at radius 3 is 2.08 bits per heavy atom. The van der Waals surface area contributed by atoms with Gasteiger partial charge in [-0.05, 0) is 48.9 Å². The lowest BCUT2D eigenvalue weighted by molar-refractivity contribution is -0.139. The molecule has 0 fully saturated rings. The van der Waals surface area contributed by atoms with Gasteiger partial charge >= 0.3 is 0 Å². The fraction of sp³-hybridized carbons (Fsp3) is 0.200. The van der Waals surface area contributed by atoms with E-state index in [1.54, 1.807) is 49.4 Å². The van der Waals surface area contributed by atoms with E-state index in [-0.39, 0.29) is 27.2 Å². The van der Waals surface area contributed by atoms with E-state index in [9.17, 15) is 18.0 Å². The first kappa shape index (κ1) is 27.8. The number of nitrogens with one attached hydrogen (secondary N) is 1. The molecule has 0 saturated heterocycles. The van der Waals surface area contributed by atoms with Crippen LogP contribution in [0.25, 0.3) is 0 Å². The topological polar surface area (TPSA) is 86.8 Å². The molecule has 0 aromatic heterocycles. The predicted octanol–water partition coefficient (Wildman–Crippen LogP) is 5.01. The monoisotopic (exact) mass is 567 g/mol. The lowest BCUT2D eigenvalue weighted by Crippen LogP contribution is -2.50. The summed E-state index contributed by atoms with van der Waals surface area (Å²) in [7, 11) is -2.75. The van der Waals surface area contributed by atoms with E-state index >= 15 is 0 Å². The third-order valence-electron chi connectivity index (χ3n) is 5.46. The van der Waals surface area contributed by atoms with E-state index in [2.05, 4.69) is 5.32 Å². The van der Waals surface area contributed by atoms with Crippen LogP contribution in [0, 0.1) is 0 Å². The molecule has 0 saturated carbocycles. The first-order valence-electron chi connectivity index (χ1n) is 10.8. The number of benzene rings is 3. The molecule has 7 nitrogen and oxygen atoms in total. The van der Waals surface area contributed by atoms with Gasteiger partial charge in [-0.3, -0.25) is 13.9 Å². The molecule has 0 unspecified atom stereocenters. The number of hydrogen-bond acceptors (Lipinski definition) is 4. The van der Waals surface area contributed by atoms with Crippen LogP contribution in [-0.4, -0.2) is 44.8 Å². The average molecular weight is 569 g/mol. The number of likely N-dealkylation sites (N-methyl/N-ethyl adjacent to an activating group) is 1. The Hall–Kier alpha value is -2.78. The van der Waals surface area contributed by atoms with Crippen LogP contribution >= 0.6 is 34.8 Å². The zero-order valence-electron chi connectivity index (χ0n) is 19.5. The van der Waals surface area contributed by atoms with E-state index in [4.69, 9.17) is 34.8 Å². The van der Waals surface area contributed by atoms with Gasteiger partial charge in [-0.15, -0.1) is 0 Å². The molecule has 3 aromatic rings. The van der Waals surface area contributed by atoms with E-state index in [1.807, 2.05) is 0 Å². The van der Waals surface area contributed by atoms with Crippen molar-refractivity contribution in [2.45, 2.75) is 24.4 Å². The van der Waals surface area contributed by atoms with Gasteiger partial charge in [-0.2, -0.15) is 0 Å². The first-order chi connectivity index (χ1) is 17.0. The maximum atomic E-state index is 13.7. The van der Waals surface area contributed by atoms with Gasteiger partial charge in [0.2, 0.25) is 11.8 Å². The SMILES string of the molecule is CNC(=O)[C@H](C)N(Cc1ccccc1Cl)C(=O)CN(c1cc(Cl)cc(Cl)c1)S(=O)(=O)c1ccccc1. The molecule has 2 amide bonds. The fourth-order valence-corrected chi connectivity index (χ4v) is 5.66. The van der Waals surface area contributed by atoms with Crippen LogP contribution < -0.4 is 9.62 Å². The van der Waals surface area contributed by atoms with Crippen LogP contribution in [0.2, 0.25) is 15.1 Å². The highest BCUT2D eigenvalue weighted by atomic mass is 35.5. The molecular formula is C25H24Cl3N3O4S. The Morgan fingerprint density at radius 1 is 0.917 bits per heavy atom. The van der Waals surface area contributed by atoms with E-state index in [1.165, 1.54) is 42.3 Å². The molecule has 1 N–H and O–H groups in total. The number of sulfonamides is 1. The van der Waals surface area contributed by atoms with Crippen LogP contribution in [0.5, 0.6) is 0 Å². The zero-order valence-corrected chi connectivity index (χ0v) is 22.6. The van der Waals surface area contributed by atoms with Crippen molar-refractivity contribution in [3.8, 4) is 0 Å². The van der Waals surface area contributed by atoms with Gasteiger partial charge in [-0.1, -0.05) is 71.2 Å². The number of carbonyl (C=O) groups excluding carboxylic acids is 2. The number of hydrogen-bond donors (Lipinski definition) is 1. The van der Waals surface area contributed by atoms with Crippen molar-refractivity contribution in [2.24, 2.45) is 0 Å². The van der Waals surface area contributed by atoms with Crippen molar-refractivity contribution in [1.82, 2.24) is 10.2 Å². The summed E-state index contributed by atoms with van der Waals surface area (Å²) in [4.78, 5) is 27.4. The second-order valence-electron chi connectivity index (χ2n) is 7.86. The standard InChI is InChI=1S/C25H24Cl3N3O4S/c1-17(25(33)29-2)30(15-18-8-6-7-11-23(18)28)24(32)16-31(21-13-19(26)12-20(27)14-21)36(34,35)22-9-4-3-5-10-22/h3-14,17H,15-16H2,1-2H3,(H,29,33)/t17-/m0/s1. The Kier molecular flexibility index (Phi) is 9.24. The summed E-state index contributed by atoms with van der Waals surface area (Å²) in [5.41, 5.74) is 0.710. The third-order valence-corrected chi connectivity index (χ3v) is 8.05. The minimum atomic E-state index is -4.21. The quantitative estimate of drug-likeness (QED) is 0.393. The Balaban J connectivity index is 2.07. The first-order valence-corrected chi connectivity index (χ1v) is 13.4. The predicted molar refractivity (Wildman–Crippen MR) is 143 cm³/mol. The second kappa shape index (κ2) is 12.0. The van der Waals surface area contributed by atoms with E-state index in [0.29, 0.717) is 10.6 Å². The molecule has 0 bridgehead atoms.